The summed E-state index contributed by atoms with van der Waals surface area (Å²) in [5.41, 5.74) is 0. The fourth-order valence-electron chi connectivity index (χ4n) is 2.46. The van der Waals surface area contributed by atoms with Crippen molar-refractivity contribution in [3.05, 3.63) is 0 Å². The highest BCUT2D eigenvalue weighted by Crippen LogP contribution is 2.20. The molecular formula is C15H28N2O2. The molecule has 1 saturated heterocycles. The second kappa shape index (κ2) is 6.92. The van der Waals surface area contributed by atoms with Crippen LogP contribution < -0.4 is 5.32 Å². The van der Waals surface area contributed by atoms with Gasteiger partial charge in [0.25, 0.3) is 0 Å². The Labute approximate surface area is 116 Å². The maximum atomic E-state index is 12.5. The van der Waals surface area contributed by atoms with Crippen LogP contribution >= 0.6 is 0 Å². The van der Waals surface area contributed by atoms with Gasteiger partial charge in [-0.05, 0) is 24.7 Å². The molecule has 4 nitrogen and oxygen atoms in total. The van der Waals surface area contributed by atoms with E-state index >= 15 is 0 Å². The van der Waals surface area contributed by atoms with Crippen molar-refractivity contribution < 1.29 is 9.59 Å². The molecule has 0 spiro atoms. The fraction of sp³-hybridized carbons (Fsp3) is 0.867. The van der Waals surface area contributed by atoms with Crippen molar-refractivity contribution in [3.63, 3.8) is 0 Å². The van der Waals surface area contributed by atoms with Crippen molar-refractivity contribution in [3.8, 4) is 0 Å². The smallest absolute Gasteiger partial charge is 0.245 e. The summed E-state index contributed by atoms with van der Waals surface area (Å²) in [6.45, 7) is 11.1. The Bertz CT molecular complexity index is 328. The molecule has 0 aromatic carbocycles. The number of nitrogens with one attached hydrogen (secondary N) is 1. The van der Waals surface area contributed by atoms with Crippen molar-refractivity contribution in [2.45, 2.75) is 66.0 Å². The van der Waals surface area contributed by atoms with Crippen LogP contribution in [0.15, 0.2) is 0 Å². The molecule has 0 bridgehead atoms. The van der Waals surface area contributed by atoms with E-state index in [4.69, 9.17) is 0 Å². The molecule has 1 aliphatic heterocycles. The maximum absolute atomic E-state index is 12.5. The Morgan fingerprint density at radius 1 is 1.21 bits per heavy atom. The lowest BCUT2D eigenvalue weighted by molar-refractivity contribution is -0.150. The monoisotopic (exact) mass is 268 g/mol. The average molecular weight is 268 g/mol. The number of amides is 2. The van der Waals surface area contributed by atoms with Gasteiger partial charge in [0.05, 0.1) is 0 Å². The van der Waals surface area contributed by atoms with Gasteiger partial charge in [0.2, 0.25) is 11.8 Å². The molecular weight excluding hydrogens is 240 g/mol. The van der Waals surface area contributed by atoms with Crippen LogP contribution in [0.4, 0.5) is 0 Å². The van der Waals surface area contributed by atoms with Gasteiger partial charge in [0, 0.05) is 6.54 Å². The largest absolute Gasteiger partial charge is 0.343 e. The normalized spacial score (nSPS) is 25.7. The van der Waals surface area contributed by atoms with E-state index in [0.717, 1.165) is 12.8 Å². The molecule has 3 atom stereocenters. The minimum atomic E-state index is -0.333. The van der Waals surface area contributed by atoms with Gasteiger partial charge in [-0.3, -0.25) is 9.59 Å². The molecule has 19 heavy (non-hydrogen) atoms. The molecule has 1 rings (SSSR count). The van der Waals surface area contributed by atoms with Crippen LogP contribution in [0.25, 0.3) is 0 Å². The predicted molar refractivity (Wildman–Crippen MR) is 76.6 cm³/mol. The van der Waals surface area contributed by atoms with E-state index in [1.54, 1.807) is 0 Å². The van der Waals surface area contributed by atoms with Gasteiger partial charge in [0.15, 0.2) is 0 Å². The molecule has 1 N–H and O–H groups in total. The zero-order chi connectivity index (χ0) is 14.6. The zero-order valence-corrected chi connectivity index (χ0v) is 12.9. The number of rotatable bonds is 6. The third-order valence-electron chi connectivity index (χ3n) is 3.88. The van der Waals surface area contributed by atoms with E-state index < -0.39 is 0 Å². The molecule has 0 aromatic rings. The van der Waals surface area contributed by atoms with E-state index in [-0.39, 0.29) is 23.9 Å². The first kappa shape index (κ1) is 16.0. The molecule has 110 valence electrons. The van der Waals surface area contributed by atoms with E-state index in [1.165, 1.54) is 0 Å². The first-order valence-electron chi connectivity index (χ1n) is 7.51. The van der Waals surface area contributed by atoms with Crippen LogP contribution in [0.5, 0.6) is 0 Å². The van der Waals surface area contributed by atoms with Crippen LogP contribution in [-0.2, 0) is 9.59 Å². The van der Waals surface area contributed by atoms with E-state index in [2.05, 4.69) is 33.0 Å². The molecule has 1 heterocycles. The number of hydrogen-bond acceptors (Lipinski definition) is 2. The van der Waals surface area contributed by atoms with Crippen molar-refractivity contribution in [2.75, 3.05) is 6.54 Å². The van der Waals surface area contributed by atoms with Crippen LogP contribution in [0.3, 0.4) is 0 Å². The Balaban J connectivity index is 2.90. The number of carbonyl (C=O) groups is 2. The molecule has 0 saturated carbocycles. The highest BCUT2D eigenvalue weighted by molar-refractivity contribution is 5.96. The summed E-state index contributed by atoms with van der Waals surface area (Å²) in [7, 11) is 0. The summed E-state index contributed by atoms with van der Waals surface area (Å²) in [6, 6.07) is -0.621. The molecule has 4 heteroatoms. The molecule has 3 unspecified atom stereocenters. The summed E-state index contributed by atoms with van der Waals surface area (Å²) < 4.78 is 0. The summed E-state index contributed by atoms with van der Waals surface area (Å²) in [6.07, 6.45) is 2.43. The van der Waals surface area contributed by atoms with Crippen LogP contribution in [0.2, 0.25) is 0 Å². The first-order chi connectivity index (χ1) is 8.90. The van der Waals surface area contributed by atoms with Crippen molar-refractivity contribution in [2.24, 2.45) is 11.8 Å². The SMILES string of the molecule is CCC(C)CN1C(=O)C(CC)NC(=O)C1CC(C)C. The predicted octanol–water partition coefficient (Wildman–Crippen LogP) is 2.18. The van der Waals surface area contributed by atoms with Gasteiger partial charge in [-0.2, -0.15) is 0 Å². The Morgan fingerprint density at radius 2 is 1.84 bits per heavy atom. The van der Waals surface area contributed by atoms with Crippen LogP contribution in [-0.4, -0.2) is 35.3 Å². The first-order valence-corrected chi connectivity index (χ1v) is 7.51. The molecule has 1 fully saturated rings. The highest BCUT2D eigenvalue weighted by atomic mass is 16.2. The molecule has 1 aliphatic rings. The highest BCUT2D eigenvalue weighted by Gasteiger charge is 2.39. The summed E-state index contributed by atoms with van der Waals surface area (Å²) in [5, 5.41) is 2.86. The number of hydrogen-bond donors (Lipinski definition) is 1. The second-order valence-corrected chi connectivity index (χ2v) is 6.12. The Kier molecular flexibility index (Phi) is 5.83. The summed E-state index contributed by atoms with van der Waals surface area (Å²) in [5.74, 6) is 0.944. The third kappa shape index (κ3) is 3.95. The lowest BCUT2D eigenvalue weighted by atomic mass is 9.95. The van der Waals surface area contributed by atoms with Gasteiger partial charge in [-0.1, -0.05) is 41.0 Å². The number of nitrogens with zero attached hydrogens (tertiary/aromatic N) is 1. The van der Waals surface area contributed by atoms with E-state index in [1.807, 2.05) is 11.8 Å². The van der Waals surface area contributed by atoms with E-state index in [9.17, 15) is 9.59 Å². The molecule has 0 radical (unpaired) electrons. The van der Waals surface area contributed by atoms with Crippen molar-refractivity contribution in [1.82, 2.24) is 10.2 Å². The minimum absolute atomic E-state index is 0.0171. The van der Waals surface area contributed by atoms with Crippen molar-refractivity contribution in [1.29, 1.82) is 0 Å². The van der Waals surface area contributed by atoms with Crippen molar-refractivity contribution >= 4 is 11.8 Å². The quantitative estimate of drug-likeness (QED) is 0.802. The van der Waals surface area contributed by atoms with Gasteiger partial charge in [-0.25, -0.2) is 0 Å². The minimum Gasteiger partial charge on any atom is -0.343 e. The van der Waals surface area contributed by atoms with Gasteiger partial charge < -0.3 is 10.2 Å². The topological polar surface area (TPSA) is 49.4 Å². The second-order valence-electron chi connectivity index (χ2n) is 6.12. The van der Waals surface area contributed by atoms with Gasteiger partial charge in [-0.15, -0.1) is 0 Å². The fourth-order valence-corrected chi connectivity index (χ4v) is 2.46. The van der Waals surface area contributed by atoms with E-state index in [0.29, 0.717) is 24.8 Å². The zero-order valence-electron chi connectivity index (χ0n) is 12.9. The third-order valence-corrected chi connectivity index (χ3v) is 3.88. The average Bonchev–Trinajstić information content (AvgIpc) is 2.36. The Hall–Kier alpha value is -1.06. The summed E-state index contributed by atoms with van der Waals surface area (Å²) >= 11 is 0. The number of carbonyl (C=O) groups excluding carboxylic acids is 2. The van der Waals surface area contributed by atoms with Gasteiger partial charge >= 0.3 is 0 Å². The maximum Gasteiger partial charge on any atom is 0.245 e. The lowest BCUT2D eigenvalue weighted by Crippen LogP contribution is -2.64. The Morgan fingerprint density at radius 3 is 2.32 bits per heavy atom. The van der Waals surface area contributed by atoms with Crippen LogP contribution in [0, 0.1) is 11.8 Å². The standard InChI is InChI=1S/C15H28N2O2/c1-6-11(5)9-17-13(8-10(3)4)14(18)16-12(7-2)15(17)19/h10-13H,6-9H2,1-5H3,(H,16,18). The van der Waals surface area contributed by atoms with Crippen LogP contribution in [0.1, 0.15) is 53.9 Å². The number of piperazine rings is 1. The van der Waals surface area contributed by atoms with Gasteiger partial charge in [0.1, 0.15) is 12.1 Å². The molecule has 2 amide bonds. The molecule has 0 aromatic heterocycles. The summed E-state index contributed by atoms with van der Waals surface area (Å²) in [4.78, 5) is 26.5. The molecule has 0 aliphatic carbocycles. The lowest BCUT2D eigenvalue weighted by Gasteiger charge is -2.40.